The molecule has 2 aromatic rings. The highest BCUT2D eigenvalue weighted by molar-refractivity contribution is 6.30. The Morgan fingerprint density at radius 2 is 2.26 bits per heavy atom. The second kappa shape index (κ2) is 5.05. The molecule has 0 spiro atoms. The number of aryl methyl sites for hydroxylation is 1. The van der Waals surface area contributed by atoms with Crippen LogP contribution >= 0.6 is 11.6 Å². The zero-order valence-electron chi connectivity index (χ0n) is 10.7. The standard InChI is InChI=1S/C14H15ClN4/c1-19-13(4-5-18-19)12-9-11(15)3-2-10(12)8-14-16-6-7-17-14/h2-5,9H,6-8H2,1H3,(H,16,17). The van der Waals surface area contributed by atoms with E-state index in [1.54, 1.807) is 6.20 Å². The van der Waals surface area contributed by atoms with Gasteiger partial charge in [-0.15, -0.1) is 0 Å². The largest absolute Gasteiger partial charge is 0.372 e. The van der Waals surface area contributed by atoms with Gasteiger partial charge >= 0.3 is 0 Å². The van der Waals surface area contributed by atoms with Gasteiger partial charge in [-0.2, -0.15) is 5.10 Å². The summed E-state index contributed by atoms with van der Waals surface area (Å²) in [6, 6.07) is 7.97. The Morgan fingerprint density at radius 3 is 2.95 bits per heavy atom. The molecule has 1 aromatic carbocycles. The van der Waals surface area contributed by atoms with Crippen molar-refractivity contribution in [3.8, 4) is 11.3 Å². The van der Waals surface area contributed by atoms with E-state index >= 15 is 0 Å². The minimum atomic E-state index is 0.737. The van der Waals surface area contributed by atoms with Crippen LogP contribution in [-0.4, -0.2) is 28.7 Å². The Bertz CT molecular complexity index is 630. The predicted molar refractivity (Wildman–Crippen MR) is 77.7 cm³/mol. The van der Waals surface area contributed by atoms with Crippen LogP contribution in [0.15, 0.2) is 35.5 Å². The van der Waals surface area contributed by atoms with Crippen LogP contribution in [0.25, 0.3) is 11.3 Å². The van der Waals surface area contributed by atoms with Crippen LogP contribution in [0.4, 0.5) is 0 Å². The molecule has 2 heterocycles. The molecule has 0 fully saturated rings. The molecule has 0 aliphatic carbocycles. The molecule has 0 saturated heterocycles. The summed E-state index contributed by atoms with van der Waals surface area (Å²) in [5.41, 5.74) is 3.39. The lowest BCUT2D eigenvalue weighted by Gasteiger charge is -2.11. The number of aromatic nitrogens is 2. The van der Waals surface area contributed by atoms with E-state index in [-0.39, 0.29) is 0 Å². The number of rotatable bonds is 3. The highest BCUT2D eigenvalue weighted by Gasteiger charge is 2.13. The number of amidine groups is 1. The van der Waals surface area contributed by atoms with E-state index in [2.05, 4.69) is 21.5 Å². The zero-order chi connectivity index (χ0) is 13.2. The van der Waals surface area contributed by atoms with Crippen molar-refractivity contribution in [1.82, 2.24) is 15.1 Å². The van der Waals surface area contributed by atoms with Crippen molar-refractivity contribution in [2.75, 3.05) is 13.1 Å². The van der Waals surface area contributed by atoms with Gasteiger partial charge in [0.15, 0.2) is 0 Å². The number of hydrogen-bond acceptors (Lipinski definition) is 3. The van der Waals surface area contributed by atoms with E-state index in [4.69, 9.17) is 11.6 Å². The molecule has 0 amide bonds. The van der Waals surface area contributed by atoms with E-state index in [1.807, 2.05) is 29.9 Å². The van der Waals surface area contributed by atoms with E-state index in [0.717, 1.165) is 41.6 Å². The molecule has 19 heavy (non-hydrogen) atoms. The molecule has 1 aromatic heterocycles. The third-order valence-corrected chi connectivity index (χ3v) is 3.51. The van der Waals surface area contributed by atoms with E-state index in [0.29, 0.717) is 0 Å². The average molecular weight is 275 g/mol. The predicted octanol–water partition coefficient (Wildman–Crippen LogP) is 2.28. The number of hydrogen-bond donors (Lipinski definition) is 1. The molecular formula is C14H15ClN4. The first-order chi connectivity index (χ1) is 9.24. The summed E-state index contributed by atoms with van der Waals surface area (Å²) in [6.07, 6.45) is 2.60. The van der Waals surface area contributed by atoms with Crippen molar-refractivity contribution < 1.29 is 0 Å². The van der Waals surface area contributed by atoms with Crippen molar-refractivity contribution >= 4 is 17.4 Å². The van der Waals surface area contributed by atoms with Crippen molar-refractivity contribution in [3.05, 3.63) is 41.0 Å². The topological polar surface area (TPSA) is 42.2 Å². The van der Waals surface area contributed by atoms with Crippen LogP contribution in [0.3, 0.4) is 0 Å². The minimum absolute atomic E-state index is 0.737. The van der Waals surface area contributed by atoms with Gasteiger partial charge in [0.25, 0.3) is 0 Å². The molecular weight excluding hydrogens is 260 g/mol. The summed E-state index contributed by atoms with van der Waals surface area (Å²) in [7, 11) is 1.94. The lowest BCUT2D eigenvalue weighted by Crippen LogP contribution is -2.20. The van der Waals surface area contributed by atoms with Gasteiger partial charge in [-0.3, -0.25) is 9.67 Å². The van der Waals surface area contributed by atoms with Gasteiger partial charge in [0.1, 0.15) is 5.84 Å². The Labute approximate surface area is 117 Å². The summed E-state index contributed by atoms with van der Waals surface area (Å²) in [6.45, 7) is 1.80. The molecule has 0 bridgehead atoms. The Balaban J connectivity index is 2.02. The summed E-state index contributed by atoms with van der Waals surface area (Å²) >= 11 is 6.13. The number of benzene rings is 1. The van der Waals surface area contributed by atoms with Gasteiger partial charge in [-0.25, -0.2) is 0 Å². The fourth-order valence-corrected chi connectivity index (χ4v) is 2.50. The quantitative estimate of drug-likeness (QED) is 0.933. The van der Waals surface area contributed by atoms with Crippen molar-refractivity contribution in [2.24, 2.45) is 12.0 Å². The van der Waals surface area contributed by atoms with Crippen molar-refractivity contribution in [1.29, 1.82) is 0 Å². The second-order valence-electron chi connectivity index (χ2n) is 4.57. The molecule has 0 saturated carbocycles. The average Bonchev–Trinajstić information content (AvgIpc) is 3.03. The summed E-state index contributed by atoms with van der Waals surface area (Å²) in [4.78, 5) is 4.45. The Morgan fingerprint density at radius 1 is 1.37 bits per heavy atom. The molecule has 0 radical (unpaired) electrons. The van der Waals surface area contributed by atoms with Gasteiger partial charge in [0.05, 0.1) is 12.2 Å². The van der Waals surface area contributed by atoms with Crippen LogP contribution < -0.4 is 5.32 Å². The molecule has 1 N–H and O–H groups in total. The van der Waals surface area contributed by atoms with Crippen LogP contribution in [0.2, 0.25) is 5.02 Å². The molecule has 3 rings (SSSR count). The van der Waals surface area contributed by atoms with Crippen molar-refractivity contribution in [3.63, 3.8) is 0 Å². The van der Waals surface area contributed by atoms with Crippen LogP contribution in [-0.2, 0) is 13.5 Å². The lowest BCUT2D eigenvalue weighted by atomic mass is 10.0. The highest BCUT2D eigenvalue weighted by Crippen LogP contribution is 2.27. The first kappa shape index (κ1) is 12.2. The van der Waals surface area contributed by atoms with E-state index in [1.165, 1.54) is 5.56 Å². The molecule has 4 nitrogen and oxygen atoms in total. The third kappa shape index (κ3) is 2.49. The molecule has 0 atom stereocenters. The zero-order valence-corrected chi connectivity index (χ0v) is 11.5. The Hall–Kier alpha value is -1.81. The number of nitrogens with one attached hydrogen (secondary N) is 1. The van der Waals surface area contributed by atoms with Gasteiger partial charge in [0.2, 0.25) is 0 Å². The molecule has 98 valence electrons. The summed E-state index contributed by atoms with van der Waals surface area (Å²) < 4.78 is 1.86. The number of aliphatic imine (C=N–C) groups is 1. The van der Waals surface area contributed by atoms with E-state index < -0.39 is 0 Å². The number of halogens is 1. The molecule has 5 heteroatoms. The SMILES string of the molecule is Cn1nccc1-c1cc(Cl)ccc1CC1=NCCN1. The third-order valence-electron chi connectivity index (χ3n) is 3.27. The maximum atomic E-state index is 6.13. The number of nitrogens with zero attached hydrogens (tertiary/aromatic N) is 3. The highest BCUT2D eigenvalue weighted by atomic mass is 35.5. The van der Waals surface area contributed by atoms with Gasteiger partial charge < -0.3 is 5.32 Å². The van der Waals surface area contributed by atoms with Crippen molar-refractivity contribution in [2.45, 2.75) is 6.42 Å². The van der Waals surface area contributed by atoms with Crippen LogP contribution in [0.5, 0.6) is 0 Å². The fraction of sp³-hybridized carbons (Fsp3) is 0.286. The monoisotopic (exact) mass is 274 g/mol. The Kier molecular flexibility index (Phi) is 3.25. The van der Waals surface area contributed by atoms with Gasteiger partial charge in [-0.1, -0.05) is 17.7 Å². The fourth-order valence-electron chi connectivity index (χ4n) is 2.33. The molecule has 0 unspecified atom stereocenters. The first-order valence-corrected chi connectivity index (χ1v) is 6.66. The summed E-state index contributed by atoms with van der Waals surface area (Å²) in [5, 5.41) is 8.26. The molecule has 1 aliphatic heterocycles. The van der Waals surface area contributed by atoms with Gasteiger partial charge in [-0.05, 0) is 23.8 Å². The lowest BCUT2D eigenvalue weighted by molar-refractivity contribution is 0.775. The smallest absolute Gasteiger partial charge is 0.101 e. The molecule has 1 aliphatic rings. The second-order valence-corrected chi connectivity index (χ2v) is 5.01. The maximum Gasteiger partial charge on any atom is 0.101 e. The van der Waals surface area contributed by atoms with Gasteiger partial charge in [0, 0.05) is 36.8 Å². The normalized spacial score (nSPS) is 14.3. The van der Waals surface area contributed by atoms with Crippen LogP contribution in [0, 0.1) is 0 Å². The van der Waals surface area contributed by atoms with Crippen LogP contribution in [0.1, 0.15) is 5.56 Å². The first-order valence-electron chi connectivity index (χ1n) is 6.28. The minimum Gasteiger partial charge on any atom is -0.372 e. The van der Waals surface area contributed by atoms with E-state index in [9.17, 15) is 0 Å². The maximum absolute atomic E-state index is 6.13. The summed E-state index contributed by atoms with van der Waals surface area (Å²) in [5.74, 6) is 1.05.